The molecule has 32 heavy (non-hydrogen) atoms. The van der Waals surface area contributed by atoms with Crippen LogP contribution in [0.5, 0.6) is 0 Å². The normalized spacial score (nSPS) is 25.2. The summed E-state index contributed by atoms with van der Waals surface area (Å²) in [5.41, 5.74) is 0. The van der Waals surface area contributed by atoms with Gasteiger partial charge in [0.2, 0.25) is 10.1 Å². The van der Waals surface area contributed by atoms with Gasteiger partial charge in [-0.25, -0.2) is 4.79 Å². The maximum atomic E-state index is 12.2. The summed E-state index contributed by atoms with van der Waals surface area (Å²) >= 11 is 16.6. The Kier molecular flexibility index (Phi) is 10.8. The molecule has 0 aromatic rings. The van der Waals surface area contributed by atoms with Gasteiger partial charge in [-0.05, 0) is 0 Å². The Hall–Kier alpha value is -2.02. The molecule has 1 N–H and O–H groups in total. The van der Waals surface area contributed by atoms with Crippen molar-refractivity contribution in [3.05, 3.63) is 0 Å². The van der Waals surface area contributed by atoms with Crippen LogP contribution in [-0.4, -0.2) is 77.6 Å². The van der Waals surface area contributed by atoms with Gasteiger partial charge in [-0.2, -0.15) is 0 Å². The SMILES string of the molecule is CC(=O)OC[C@H]1OC(OC(C)=O)[C@H](NC(=O)OCC(Cl)(Cl)Cl)[C@@H](OC(C)=O)[C@H]1OC(C)=O. The van der Waals surface area contributed by atoms with Crippen molar-refractivity contribution < 1.29 is 52.4 Å². The minimum atomic E-state index is -1.92. The molecule has 0 spiro atoms. The van der Waals surface area contributed by atoms with E-state index in [1.54, 1.807) is 0 Å². The van der Waals surface area contributed by atoms with Crippen LogP contribution in [0.15, 0.2) is 0 Å². The highest BCUT2D eigenvalue weighted by atomic mass is 35.6. The number of alkyl halides is 3. The predicted molar refractivity (Wildman–Crippen MR) is 107 cm³/mol. The van der Waals surface area contributed by atoms with E-state index in [1.807, 2.05) is 0 Å². The van der Waals surface area contributed by atoms with Crippen LogP contribution in [-0.2, 0) is 47.6 Å². The van der Waals surface area contributed by atoms with Gasteiger partial charge in [-0.15, -0.1) is 0 Å². The standard InChI is InChI=1S/C17H22Cl3NO11/c1-7(22)27-5-11-13(29-8(2)23)14(30-9(3)24)12(15(32-11)31-10(4)25)21-16(26)28-6-17(18,19)20/h11-15H,5-6H2,1-4H3,(H,21,26)/t11-,12-,13+,14-,15?/m1/s1. The molecule has 0 aromatic carbocycles. The molecule has 0 saturated carbocycles. The molecule has 0 aliphatic carbocycles. The number of carbonyl (C=O) groups is 5. The number of hydrogen-bond donors (Lipinski definition) is 1. The first-order chi connectivity index (χ1) is 14.7. The summed E-state index contributed by atoms with van der Waals surface area (Å²) in [6.45, 7) is 3.22. The fourth-order valence-electron chi connectivity index (χ4n) is 2.65. The second-order valence-corrected chi connectivity index (χ2v) is 8.98. The quantitative estimate of drug-likeness (QED) is 0.291. The third-order valence-corrected chi connectivity index (χ3v) is 3.96. The lowest BCUT2D eigenvalue weighted by atomic mass is 9.96. The number of hydrogen-bond acceptors (Lipinski definition) is 11. The third-order valence-electron chi connectivity index (χ3n) is 3.63. The van der Waals surface area contributed by atoms with Crippen molar-refractivity contribution in [1.29, 1.82) is 0 Å². The molecule has 1 aliphatic rings. The zero-order valence-corrected chi connectivity index (χ0v) is 19.7. The Balaban J connectivity index is 3.28. The average Bonchev–Trinajstić information content (AvgIpc) is 2.61. The van der Waals surface area contributed by atoms with Crippen LogP contribution >= 0.6 is 34.8 Å². The predicted octanol–water partition coefficient (Wildman–Crippen LogP) is 1.17. The van der Waals surface area contributed by atoms with Gasteiger partial charge < -0.3 is 33.7 Å². The lowest BCUT2D eigenvalue weighted by Crippen LogP contribution is -2.67. The number of alkyl carbamates (subject to hydrolysis) is 1. The summed E-state index contributed by atoms with van der Waals surface area (Å²) in [4.78, 5) is 58.4. The highest BCUT2D eigenvalue weighted by molar-refractivity contribution is 6.67. The molecule has 12 nitrogen and oxygen atoms in total. The molecule has 1 saturated heterocycles. The van der Waals surface area contributed by atoms with E-state index in [4.69, 9.17) is 63.2 Å². The molecular formula is C17H22Cl3NO11. The molecule has 0 aromatic heterocycles. The maximum Gasteiger partial charge on any atom is 0.407 e. The molecule has 1 fully saturated rings. The Bertz CT molecular complexity index is 727. The fourth-order valence-corrected chi connectivity index (χ4v) is 2.81. The van der Waals surface area contributed by atoms with E-state index in [-0.39, 0.29) is 0 Å². The van der Waals surface area contributed by atoms with Gasteiger partial charge in [0.15, 0.2) is 12.2 Å². The molecule has 1 amide bonds. The van der Waals surface area contributed by atoms with Crippen molar-refractivity contribution in [1.82, 2.24) is 5.32 Å². The van der Waals surface area contributed by atoms with Crippen molar-refractivity contribution in [2.45, 2.75) is 62.1 Å². The van der Waals surface area contributed by atoms with E-state index < -0.39 is 77.6 Å². The summed E-state index contributed by atoms with van der Waals surface area (Å²) in [7, 11) is 0. The minimum Gasteiger partial charge on any atom is -0.463 e. The monoisotopic (exact) mass is 521 g/mol. The first kappa shape index (κ1) is 28.0. The van der Waals surface area contributed by atoms with Crippen LogP contribution in [0.3, 0.4) is 0 Å². The molecule has 0 radical (unpaired) electrons. The zero-order valence-electron chi connectivity index (χ0n) is 17.4. The molecule has 1 unspecified atom stereocenters. The molecular weight excluding hydrogens is 501 g/mol. The van der Waals surface area contributed by atoms with Gasteiger partial charge in [0.25, 0.3) is 0 Å². The van der Waals surface area contributed by atoms with Crippen LogP contribution in [0.2, 0.25) is 0 Å². The van der Waals surface area contributed by atoms with Crippen LogP contribution in [0.25, 0.3) is 0 Å². The fraction of sp³-hybridized carbons (Fsp3) is 0.706. The number of amides is 1. The van der Waals surface area contributed by atoms with Gasteiger partial charge in [0, 0.05) is 27.7 Å². The van der Waals surface area contributed by atoms with Gasteiger partial charge in [-0.3, -0.25) is 19.2 Å². The summed E-state index contributed by atoms with van der Waals surface area (Å²) in [5, 5.41) is 2.28. The van der Waals surface area contributed by atoms with Gasteiger partial charge in [0.05, 0.1) is 0 Å². The lowest BCUT2D eigenvalue weighted by molar-refractivity contribution is -0.270. The van der Waals surface area contributed by atoms with Crippen molar-refractivity contribution in [2.24, 2.45) is 0 Å². The first-order valence-corrected chi connectivity index (χ1v) is 10.1. The Labute approximate surface area is 198 Å². The summed E-state index contributed by atoms with van der Waals surface area (Å²) in [5.74, 6) is -3.13. The van der Waals surface area contributed by atoms with Crippen LogP contribution < -0.4 is 5.32 Å². The van der Waals surface area contributed by atoms with Crippen molar-refractivity contribution in [3.8, 4) is 0 Å². The molecule has 1 aliphatic heterocycles. The number of ether oxygens (including phenoxy) is 6. The molecule has 5 atom stereocenters. The number of rotatable bonds is 7. The van der Waals surface area contributed by atoms with Crippen molar-refractivity contribution >= 4 is 64.8 Å². The van der Waals surface area contributed by atoms with E-state index in [9.17, 15) is 24.0 Å². The molecule has 1 rings (SSSR count). The number of nitrogens with one attached hydrogen (secondary N) is 1. The molecule has 182 valence electrons. The van der Waals surface area contributed by atoms with E-state index in [2.05, 4.69) is 5.32 Å². The summed E-state index contributed by atoms with van der Waals surface area (Å²) < 4.78 is 28.9. The van der Waals surface area contributed by atoms with Crippen LogP contribution in [0, 0.1) is 0 Å². The Morgan fingerprint density at radius 3 is 1.81 bits per heavy atom. The van der Waals surface area contributed by atoms with E-state index in [0.717, 1.165) is 27.7 Å². The first-order valence-electron chi connectivity index (χ1n) is 9.00. The number of carbonyl (C=O) groups excluding carboxylic acids is 5. The van der Waals surface area contributed by atoms with E-state index in [0.29, 0.717) is 0 Å². The molecule has 15 heteroatoms. The Morgan fingerprint density at radius 2 is 1.34 bits per heavy atom. The summed E-state index contributed by atoms with van der Waals surface area (Å²) in [6, 6.07) is -1.43. The van der Waals surface area contributed by atoms with Crippen LogP contribution in [0.4, 0.5) is 4.79 Å². The van der Waals surface area contributed by atoms with Gasteiger partial charge in [-0.1, -0.05) is 34.8 Å². The second-order valence-electron chi connectivity index (χ2n) is 6.46. The van der Waals surface area contributed by atoms with E-state index >= 15 is 0 Å². The second kappa shape index (κ2) is 12.3. The highest BCUT2D eigenvalue weighted by Crippen LogP contribution is 2.29. The van der Waals surface area contributed by atoms with Crippen molar-refractivity contribution in [3.63, 3.8) is 0 Å². The number of halogens is 3. The van der Waals surface area contributed by atoms with Crippen LogP contribution in [0.1, 0.15) is 27.7 Å². The highest BCUT2D eigenvalue weighted by Gasteiger charge is 2.52. The molecule has 0 bridgehead atoms. The topological polar surface area (TPSA) is 153 Å². The summed E-state index contributed by atoms with van der Waals surface area (Å²) in [6.07, 6.45) is -6.77. The van der Waals surface area contributed by atoms with Gasteiger partial charge >= 0.3 is 30.0 Å². The van der Waals surface area contributed by atoms with E-state index in [1.165, 1.54) is 0 Å². The zero-order chi connectivity index (χ0) is 24.6. The minimum absolute atomic E-state index is 0.451. The average molecular weight is 523 g/mol. The van der Waals surface area contributed by atoms with Crippen molar-refractivity contribution in [2.75, 3.05) is 13.2 Å². The number of esters is 4. The maximum absolute atomic E-state index is 12.2. The lowest BCUT2D eigenvalue weighted by Gasteiger charge is -2.44. The smallest absolute Gasteiger partial charge is 0.407 e. The Morgan fingerprint density at radius 1 is 0.812 bits per heavy atom. The largest absolute Gasteiger partial charge is 0.463 e. The molecule has 1 heterocycles. The third kappa shape index (κ3) is 10.1. The van der Waals surface area contributed by atoms with Gasteiger partial charge in [0.1, 0.15) is 25.4 Å².